The van der Waals surface area contributed by atoms with Gasteiger partial charge < -0.3 is 15.4 Å². The molecule has 1 aliphatic heterocycles. The SMILES string of the molecule is COCC1(CNC(=O)c2ccccc2Cn2cncn2)CCNCC1.Cl. The highest BCUT2D eigenvalue weighted by atomic mass is 35.5. The summed E-state index contributed by atoms with van der Waals surface area (Å²) in [4.78, 5) is 16.7. The van der Waals surface area contributed by atoms with Crippen molar-refractivity contribution in [3.8, 4) is 0 Å². The number of methoxy groups -OCH3 is 1. The lowest BCUT2D eigenvalue weighted by atomic mass is 9.79. The predicted octanol–water partition coefficient (Wildman–Crippen LogP) is 1.49. The van der Waals surface area contributed by atoms with Crippen molar-refractivity contribution in [2.45, 2.75) is 19.4 Å². The maximum atomic E-state index is 12.8. The van der Waals surface area contributed by atoms with Gasteiger partial charge in [-0.25, -0.2) is 9.67 Å². The van der Waals surface area contributed by atoms with Gasteiger partial charge in [-0.1, -0.05) is 18.2 Å². The quantitative estimate of drug-likeness (QED) is 0.761. The van der Waals surface area contributed by atoms with E-state index in [4.69, 9.17) is 4.74 Å². The molecule has 0 bridgehead atoms. The van der Waals surface area contributed by atoms with Crippen LogP contribution in [0.25, 0.3) is 0 Å². The molecule has 2 aromatic rings. The third-order valence-corrected chi connectivity index (χ3v) is 4.80. The van der Waals surface area contributed by atoms with Gasteiger partial charge in [-0.3, -0.25) is 4.79 Å². The molecule has 1 saturated heterocycles. The predicted molar refractivity (Wildman–Crippen MR) is 102 cm³/mol. The fourth-order valence-corrected chi connectivity index (χ4v) is 3.37. The van der Waals surface area contributed by atoms with E-state index in [1.807, 2.05) is 24.3 Å². The first-order valence-electron chi connectivity index (χ1n) is 8.61. The zero-order chi connectivity index (χ0) is 17.5. The summed E-state index contributed by atoms with van der Waals surface area (Å²) in [5.41, 5.74) is 1.62. The number of amides is 1. The van der Waals surface area contributed by atoms with Gasteiger partial charge in [0.2, 0.25) is 0 Å². The van der Waals surface area contributed by atoms with Gasteiger partial charge in [0.15, 0.2) is 0 Å². The lowest BCUT2D eigenvalue weighted by Crippen LogP contribution is -2.47. The molecule has 2 N–H and O–H groups in total. The molecule has 2 heterocycles. The number of carbonyl (C=O) groups excluding carboxylic acids is 1. The molecule has 0 saturated carbocycles. The number of hydrogen-bond acceptors (Lipinski definition) is 5. The molecule has 26 heavy (non-hydrogen) atoms. The van der Waals surface area contributed by atoms with E-state index in [0.29, 0.717) is 25.3 Å². The van der Waals surface area contributed by atoms with Crippen LogP contribution >= 0.6 is 12.4 Å². The van der Waals surface area contributed by atoms with Crippen molar-refractivity contribution >= 4 is 18.3 Å². The van der Waals surface area contributed by atoms with Crippen LogP contribution in [0.1, 0.15) is 28.8 Å². The Bertz CT molecular complexity index is 681. The van der Waals surface area contributed by atoms with Gasteiger partial charge in [0.05, 0.1) is 13.2 Å². The highest BCUT2D eigenvalue weighted by Gasteiger charge is 2.32. The Morgan fingerprint density at radius 2 is 2.12 bits per heavy atom. The van der Waals surface area contributed by atoms with E-state index in [1.54, 1.807) is 18.1 Å². The Kier molecular flexibility index (Phi) is 7.56. The molecule has 1 aromatic carbocycles. The summed E-state index contributed by atoms with van der Waals surface area (Å²) in [5, 5.41) is 10.6. The highest BCUT2D eigenvalue weighted by Crippen LogP contribution is 2.28. The number of nitrogens with zero attached hydrogens (tertiary/aromatic N) is 3. The van der Waals surface area contributed by atoms with Crippen molar-refractivity contribution in [2.24, 2.45) is 5.41 Å². The number of piperidine rings is 1. The minimum Gasteiger partial charge on any atom is -0.384 e. The van der Waals surface area contributed by atoms with Crippen molar-refractivity contribution in [2.75, 3.05) is 33.4 Å². The van der Waals surface area contributed by atoms with E-state index >= 15 is 0 Å². The minimum absolute atomic E-state index is 0. The summed E-state index contributed by atoms with van der Waals surface area (Å²) >= 11 is 0. The number of nitrogens with one attached hydrogen (secondary N) is 2. The average Bonchev–Trinajstić information content (AvgIpc) is 3.14. The van der Waals surface area contributed by atoms with Crippen molar-refractivity contribution < 1.29 is 9.53 Å². The molecule has 1 fully saturated rings. The first-order valence-corrected chi connectivity index (χ1v) is 8.61. The van der Waals surface area contributed by atoms with Crippen LogP contribution in [-0.2, 0) is 11.3 Å². The number of halogens is 1. The summed E-state index contributed by atoms with van der Waals surface area (Å²) in [7, 11) is 1.72. The van der Waals surface area contributed by atoms with Gasteiger partial charge in [-0.2, -0.15) is 5.10 Å². The van der Waals surface area contributed by atoms with Crippen LogP contribution in [0.3, 0.4) is 0 Å². The Labute approximate surface area is 159 Å². The molecule has 0 atom stereocenters. The van der Waals surface area contributed by atoms with Crippen LogP contribution in [-0.4, -0.2) is 54.0 Å². The third-order valence-electron chi connectivity index (χ3n) is 4.80. The molecule has 0 aliphatic carbocycles. The molecule has 0 unspecified atom stereocenters. The average molecular weight is 380 g/mol. The Morgan fingerprint density at radius 1 is 1.35 bits per heavy atom. The monoisotopic (exact) mass is 379 g/mol. The number of benzene rings is 1. The molecule has 1 amide bonds. The van der Waals surface area contributed by atoms with Gasteiger partial charge in [-0.15, -0.1) is 12.4 Å². The largest absolute Gasteiger partial charge is 0.384 e. The lowest BCUT2D eigenvalue weighted by molar-refractivity contribution is 0.0511. The maximum Gasteiger partial charge on any atom is 0.251 e. The molecule has 142 valence electrons. The molecule has 1 aliphatic rings. The van der Waals surface area contributed by atoms with Crippen LogP contribution in [0.5, 0.6) is 0 Å². The van der Waals surface area contributed by atoms with Crippen LogP contribution in [0.4, 0.5) is 0 Å². The van der Waals surface area contributed by atoms with Crippen molar-refractivity contribution in [3.63, 3.8) is 0 Å². The molecule has 8 heteroatoms. The fourth-order valence-electron chi connectivity index (χ4n) is 3.37. The number of aromatic nitrogens is 3. The smallest absolute Gasteiger partial charge is 0.251 e. The molecule has 7 nitrogen and oxygen atoms in total. The maximum absolute atomic E-state index is 12.8. The molecule has 0 spiro atoms. The third kappa shape index (κ3) is 5.03. The zero-order valence-corrected chi connectivity index (χ0v) is 15.8. The molecular formula is C18H26ClN5O2. The highest BCUT2D eigenvalue weighted by molar-refractivity contribution is 5.95. The number of rotatable bonds is 7. The summed E-state index contributed by atoms with van der Waals surface area (Å²) in [5.74, 6) is -0.0512. The molecular weight excluding hydrogens is 354 g/mol. The first-order chi connectivity index (χ1) is 12.2. The van der Waals surface area contributed by atoms with Crippen molar-refractivity contribution in [3.05, 3.63) is 48.0 Å². The normalized spacial score (nSPS) is 15.9. The van der Waals surface area contributed by atoms with Gasteiger partial charge in [0.1, 0.15) is 12.7 Å². The van der Waals surface area contributed by atoms with Gasteiger partial charge in [0.25, 0.3) is 5.91 Å². The number of carbonyl (C=O) groups is 1. The topological polar surface area (TPSA) is 81.1 Å². The lowest BCUT2D eigenvalue weighted by Gasteiger charge is -2.37. The van der Waals surface area contributed by atoms with E-state index in [9.17, 15) is 4.79 Å². The standard InChI is InChI=1S/C18H25N5O2.ClH/c1-25-12-18(6-8-19-9-7-18)11-21-17(24)16-5-3-2-4-15(16)10-23-14-20-13-22-23;/h2-5,13-14,19H,6-12H2,1H3,(H,21,24);1H. The summed E-state index contributed by atoms with van der Waals surface area (Å²) < 4.78 is 7.13. The second-order valence-corrected chi connectivity index (χ2v) is 6.62. The summed E-state index contributed by atoms with van der Waals surface area (Å²) in [6, 6.07) is 7.62. The Balaban J connectivity index is 0.00000243. The van der Waals surface area contributed by atoms with Crippen LogP contribution in [0.15, 0.2) is 36.9 Å². The van der Waals surface area contributed by atoms with Gasteiger partial charge >= 0.3 is 0 Å². The van der Waals surface area contributed by atoms with Crippen LogP contribution < -0.4 is 10.6 Å². The number of hydrogen-bond donors (Lipinski definition) is 2. The van der Waals surface area contributed by atoms with Crippen LogP contribution in [0, 0.1) is 5.41 Å². The van der Waals surface area contributed by atoms with E-state index in [0.717, 1.165) is 31.5 Å². The zero-order valence-electron chi connectivity index (χ0n) is 15.0. The Hall–Kier alpha value is -1.96. The Morgan fingerprint density at radius 3 is 2.81 bits per heavy atom. The second-order valence-electron chi connectivity index (χ2n) is 6.62. The van der Waals surface area contributed by atoms with Gasteiger partial charge in [-0.05, 0) is 37.6 Å². The van der Waals surface area contributed by atoms with E-state index in [2.05, 4.69) is 20.7 Å². The number of ether oxygens (including phenoxy) is 1. The molecule has 0 radical (unpaired) electrons. The van der Waals surface area contributed by atoms with E-state index in [1.165, 1.54) is 6.33 Å². The summed E-state index contributed by atoms with van der Waals surface area (Å²) in [6.07, 6.45) is 5.15. The van der Waals surface area contributed by atoms with Crippen molar-refractivity contribution in [1.29, 1.82) is 0 Å². The molecule has 1 aromatic heterocycles. The molecule has 3 rings (SSSR count). The second kappa shape index (κ2) is 9.66. The van der Waals surface area contributed by atoms with E-state index in [-0.39, 0.29) is 23.7 Å². The summed E-state index contributed by atoms with van der Waals surface area (Å²) in [6.45, 7) is 3.73. The van der Waals surface area contributed by atoms with E-state index < -0.39 is 0 Å². The van der Waals surface area contributed by atoms with Gasteiger partial charge in [0, 0.05) is 24.6 Å². The fraction of sp³-hybridized carbons (Fsp3) is 0.500. The van der Waals surface area contributed by atoms with Crippen LogP contribution in [0.2, 0.25) is 0 Å². The van der Waals surface area contributed by atoms with Crippen molar-refractivity contribution in [1.82, 2.24) is 25.4 Å². The minimum atomic E-state index is -0.0512. The first kappa shape index (κ1) is 20.4.